The molecule has 1 aliphatic rings. The molecule has 3 heterocycles. The van der Waals surface area contributed by atoms with Crippen LogP contribution in [0.5, 0.6) is 0 Å². The van der Waals surface area contributed by atoms with Crippen molar-refractivity contribution >= 4 is 23.5 Å². The first kappa shape index (κ1) is 19.3. The average molecular weight is 413 g/mol. The highest BCUT2D eigenvalue weighted by Crippen LogP contribution is 2.17. The van der Waals surface area contributed by atoms with Gasteiger partial charge in [0.2, 0.25) is 5.95 Å². The maximum atomic E-state index is 12.7. The molecule has 0 radical (unpaired) electrons. The van der Waals surface area contributed by atoms with Gasteiger partial charge in [-0.25, -0.2) is 4.98 Å². The Bertz CT molecular complexity index is 1070. The van der Waals surface area contributed by atoms with Crippen molar-refractivity contribution < 1.29 is 9.21 Å². The Hall–Kier alpha value is -3.06. The van der Waals surface area contributed by atoms with Crippen molar-refractivity contribution in [3.8, 4) is 0 Å². The number of benzene rings is 1. The summed E-state index contributed by atoms with van der Waals surface area (Å²) in [6, 6.07) is 10.8. The highest BCUT2D eigenvalue weighted by atomic mass is 35.5. The van der Waals surface area contributed by atoms with Crippen LogP contribution in [0.2, 0.25) is 5.02 Å². The number of nitrogens with one attached hydrogen (secondary N) is 1. The molecular formula is C21H21ClN4O3. The number of hydrogen-bond donors (Lipinski definition) is 1. The van der Waals surface area contributed by atoms with Crippen LogP contribution in [0.1, 0.15) is 27.4 Å². The molecule has 1 saturated heterocycles. The number of halogens is 1. The molecule has 0 unspecified atom stereocenters. The van der Waals surface area contributed by atoms with Gasteiger partial charge in [-0.05, 0) is 36.8 Å². The summed E-state index contributed by atoms with van der Waals surface area (Å²) < 4.78 is 5.19. The number of aromatic amines is 1. The number of H-pyrrole nitrogens is 1. The molecule has 1 amide bonds. The van der Waals surface area contributed by atoms with Gasteiger partial charge in [0, 0.05) is 43.2 Å². The monoisotopic (exact) mass is 412 g/mol. The number of carbonyl (C=O) groups is 1. The van der Waals surface area contributed by atoms with Gasteiger partial charge in [0.15, 0.2) is 5.76 Å². The van der Waals surface area contributed by atoms with Crippen molar-refractivity contribution in [1.82, 2.24) is 14.9 Å². The molecule has 0 aliphatic carbocycles. The molecule has 0 atom stereocenters. The number of aromatic nitrogens is 2. The summed E-state index contributed by atoms with van der Waals surface area (Å²) in [5.41, 5.74) is 2.13. The molecule has 7 nitrogen and oxygen atoms in total. The topological polar surface area (TPSA) is 82.4 Å². The number of anilines is 1. The molecule has 0 saturated carbocycles. The number of aryl methyl sites for hydroxylation is 1. The fourth-order valence-electron chi connectivity index (χ4n) is 3.48. The lowest BCUT2D eigenvalue weighted by Gasteiger charge is -2.34. The van der Waals surface area contributed by atoms with E-state index in [0.29, 0.717) is 60.6 Å². The number of nitrogens with zero attached hydrogens (tertiary/aromatic N) is 3. The standard InChI is InChI=1S/C21H21ClN4O3/c1-14-17(13-15-4-2-5-16(22)12-15)19(27)24-21(23-14)26-9-7-25(8-10-26)20(28)18-6-3-11-29-18/h2-6,11-12H,7-10,13H2,1H3,(H,23,24,27). The minimum Gasteiger partial charge on any atom is -0.459 e. The van der Waals surface area contributed by atoms with Gasteiger partial charge in [0.1, 0.15) is 0 Å². The molecule has 0 bridgehead atoms. The van der Waals surface area contributed by atoms with E-state index in [4.69, 9.17) is 16.0 Å². The van der Waals surface area contributed by atoms with E-state index in [-0.39, 0.29) is 11.5 Å². The molecule has 1 fully saturated rings. The number of hydrogen-bond acceptors (Lipinski definition) is 5. The maximum Gasteiger partial charge on any atom is 0.289 e. The summed E-state index contributed by atoms with van der Waals surface area (Å²) in [5, 5.41) is 0.642. The first-order valence-electron chi connectivity index (χ1n) is 9.43. The van der Waals surface area contributed by atoms with Gasteiger partial charge >= 0.3 is 0 Å². The lowest BCUT2D eigenvalue weighted by molar-refractivity contribution is 0.0714. The van der Waals surface area contributed by atoms with Crippen LogP contribution in [0.3, 0.4) is 0 Å². The third-order valence-corrected chi connectivity index (χ3v) is 5.31. The van der Waals surface area contributed by atoms with Crippen LogP contribution in [0, 0.1) is 6.92 Å². The van der Waals surface area contributed by atoms with Gasteiger partial charge in [0.05, 0.1) is 12.0 Å². The fourth-order valence-corrected chi connectivity index (χ4v) is 3.69. The first-order valence-corrected chi connectivity index (χ1v) is 9.81. The minimum atomic E-state index is -0.151. The molecule has 0 spiro atoms. The molecule has 1 aliphatic heterocycles. The second-order valence-corrected chi connectivity index (χ2v) is 7.45. The van der Waals surface area contributed by atoms with E-state index in [2.05, 4.69) is 9.97 Å². The summed E-state index contributed by atoms with van der Waals surface area (Å²) >= 11 is 6.04. The van der Waals surface area contributed by atoms with E-state index in [1.807, 2.05) is 30.0 Å². The molecular weight excluding hydrogens is 392 g/mol. The van der Waals surface area contributed by atoms with Gasteiger partial charge in [-0.1, -0.05) is 23.7 Å². The SMILES string of the molecule is Cc1nc(N2CCN(C(=O)c3ccco3)CC2)[nH]c(=O)c1Cc1cccc(Cl)c1. The third kappa shape index (κ3) is 4.19. The van der Waals surface area contributed by atoms with Crippen molar-refractivity contribution in [1.29, 1.82) is 0 Å². The zero-order valence-corrected chi connectivity index (χ0v) is 16.8. The van der Waals surface area contributed by atoms with Crippen LogP contribution in [0.15, 0.2) is 51.9 Å². The minimum absolute atomic E-state index is 0.121. The van der Waals surface area contributed by atoms with E-state index in [1.54, 1.807) is 23.1 Å². The summed E-state index contributed by atoms with van der Waals surface area (Å²) in [7, 11) is 0. The van der Waals surface area contributed by atoms with E-state index in [9.17, 15) is 9.59 Å². The Morgan fingerprint density at radius 1 is 1.21 bits per heavy atom. The van der Waals surface area contributed by atoms with Crippen LogP contribution in [0.25, 0.3) is 0 Å². The van der Waals surface area contributed by atoms with E-state index < -0.39 is 0 Å². The molecule has 3 aromatic rings. The Morgan fingerprint density at radius 3 is 2.66 bits per heavy atom. The van der Waals surface area contributed by atoms with E-state index in [0.717, 1.165) is 5.56 Å². The second-order valence-electron chi connectivity index (χ2n) is 7.02. The molecule has 4 rings (SSSR count). The lowest BCUT2D eigenvalue weighted by atomic mass is 10.1. The van der Waals surface area contributed by atoms with Crippen LogP contribution in [-0.4, -0.2) is 47.0 Å². The second kappa shape index (κ2) is 8.13. The third-order valence-electron chi connectivity index (χ3n) is 5.08. The number of piperazine rings is 1. The highest BCUT2D eigenvalue weighted by Gasteiger charge is 2.25. The van der Waals surface area contributed by atoms with E-state index in [1.165, 1.54) is 6.26 Å². The molecule has 29 heavy (non-hydrogen) atoms. The number of rotatable bonds is 4. The van der Waals surface area contributed by atoms with Gasteiger partial charge in [0.25, 0.3) is 11.5 Å². The normalized spacial score (nSPS) is 14.3. The molecule has 1 aromatic carbocycles. The zero-order valence-electron chi connectivity index (χ0n) is 16.0. The van der Waals surface area contributed by atoms with Crippen molar-refractivity contribution in [3.05, 3.63) is 80.6 Å². The van der Waals surface area contributed by atoms with Gasteiger partial charge in [-0.15, -0.1) is 0 Å². The predicted molar refractivity (Wildman–Crippen MR) is 111 cm³/mol. The van der Waals surface area contributed by atoms with Crippen LogP contribution in [0.4, 0.5) is 5.95 Å². The smallest absolute Gasteiger partial charge is 0.289 e. The van der Waals surface area contributed by atoms with Crippen molar-refractivity contribution in [2.75, 3.05) is 31.1 Å². The Kier molecular flexibility index (Phi) is 5.40. The summed E-state index contributed by atoms with van der Waals surface area (Å²) in [6.07, 6.45) is 1.96. The average Bonchev–Trinajstić information content (AvgIpc) is 3.25. The first-order chi connectivity index (χ1) is 14.0. The quantitative estimate of drug-likeness (QED) is 0.712. The van der Waals surface area contributed by atoms with Gasteiger partial charge in [-0.3, -0.25) is 14.6 Å². The van der Waals surface area contributed by atoms with Crippen LogP contribution in [-0.2, 0) is 6.42 Å². The summed E-state index contributed by atoms with van der Waals surface area (Å²) in [4.78, 5) is 36.3. The fraction of sp³-hybridized carbons (Fsp3) is 0.286. The summed E-state index contributed by atoms with van der Waals surface area (Å²) in [5.74, 6) is 0.753. The molecule has 150 valence electrons. The summed E-state index contributed by atoms with van der Waals surface area (Å²) in [6.45, 7) is 4.08. The lowest BCUT2D eigenvalue weighted by Crippen LogP contribution is -2.49. The predicted octanol–water partition coefficient (Wildman–Crippen LogP) is 2.88. The number of carbonyl (C=O) groups excluding carboxylic acids is 1. The van der Waals surface area contributed by atoms with E-state index >= 15 is 0 Å². The Labute approximate surface area is 172 Å². The Morgan fingerprint density at radius 2 is 2.00 bits per heavy atom. The Balaban J connectivity index is 1.46. The highest BCUT2D eigenvalue weighted by molar-refractivity contribution is 6.30. The van der Waals surface area contributed by atoms with Crippen molar-refractivity contribution in [3.63, 3.8) is 0 Å². The molecule has 1 N–H and O–H groups in total. The number of amides is 1. The maximum absolute atomic E-state index is 12.7. The van der Waals surface area contributed by atoms with Gasteiger partial charge in [-0.2, -0.15) is 0 Å². The zero-order chi connectivity index (χ0) is 20.4. The van der Waals surface area contributed by atoms with Gasteiger partial charge < -0.3 is 14.2 Å². The van der Waals surface area contributed by atoms with Crippen LogP contribution < -0.4 is 10.5 Å². The largest absolute Gasteiger partial charge is 0.459 e. The number of furan rings is 1. The van der Waals surface area contributed by atoms with Crippen molar-refractivity contribution in [2.45, 2.75) is 13.3 Å². The molecule has 2 aromatic heterocycles. The van der Waals surface area contributed by atoms with Crippen molar-refractivity contribution in [2.24, 2.45) is 0 Å². The molecule has 8 heteroatoms. The van der Waals surface area contributed by atoms with Crippen LogP contribution >= 0.6 is 11.6 Å².